The van der Waals surface area contributed by atoms with Crippen LogP contribution in [0.2, 0.25) is 0 Å². The van der Waals surface area contributed by atoms with E-state index in [9.17, 15) is 9.90 Å². The van der Waals surface area contributed by atoms with Gasteiger partial charge in [0.15, 0.2) is 5.65 Å². The zero-order chi connectivity index (χ0) is 15.5. The van der Waals surface area contributed by atoms with Crippen LogP contribution in [0.25, 0.3) is 11.2 Å². The van der Waals surface area contributed by atoms with Crippen LogP contribution in [0, 0.1) is 0 Å². The van der Waals surface area contributed by atoms with Crippen molar-refractivity contribution in [1.82, 2.24) is 19.1 Å². The molecule has 0 spiro atoms. The second-order valence-corrected chi connectivity index (χ2v) is 5.24. The minimum absolute atomic E-state index is 0. The summed E-state index contributed by atoms with van der Waals surface area (Å²) in [6.07, 6.45) is 3.58. The minimum Gasteiger partial charge on any atom is -0.857 e. The normalized spacial score (nSPS) is 10.7. The van der Waals surface area contributed by atoms with E-state index in [4.69, 9.17) is 0 Å². The predicted molar refractivity (Wildman–Crippen MR) is 87.4 cm³/mol. The third-order valence-corrected chi connectivity index (χ3v) is 3.64. The van der Waals surface area contributed by atoms with Crippen LogP contribution in [-0.2, 0) is 13.1 Å². The number of hydrogen-bond donors (Lipinski definition) is 0. The molecular weight excluding hydrogens is 319 g/mol. The molecule has 0 bridgehead atoms. The van der Waals surface area contributed by atoms with Gasteiger partial charge in [-0.1, -0.05) is 43.7 Å². The van der Waals surface area contributed by atoms with Gasteiger partial charge in [0.25, 0.3) is 0 Å². The van der Waals surface area contributed by atoms with E-state index < -0.39 is 11.6 Å². The summed E-state index contributed by atoms with van der Waals surface area (Å²) in [6.45, 7) is 3.14. The van der Waals surface area contributed by atoms with Crippen LogP contribution in [0.5, 0.6) is 5.88 Å². The number of aryl methyl sites for hydroxylation is 1. The molecule has 115 valence electrons. The molecule has 0 N–H and O–H groups in total. The molecule has 2 heterocycles. The number of nitrogens with zero attached hydrogens (tertiary/aromatic N) is 4. The van der Waals surface area contributed by atoms with Crippen molar-refractivity contribution >= 4 is 62.5 Å². The van der Waals surface area contributed by atoms with E-state index in [0.717, 1.165) is 18.4 Å². The van der Waals surface area contributed by atoms with Crippen molar-refractivity contribution in [2.24, 2.45) is 0 Å². The summed E-state index contributed by atoms with van der Waals surface area (Å²) in [4.78, 5) is 20.0. The quantitative estimate of drug-likeness (QED) is 0.655. The third kappa shape index (κ3) is 3.92. The average molecular weight is 336 g/mol. The maximum absolute atomic E-state index is 12.1. The zero-order valence-corrected chi connectivity index (χ0v) is 16.5. The van der Waals surface area contributed by atoms with Crippen LogP contribution in [0.1, 0.15) is 25.3 Å². The van der Waals surface area contributed by atoms with Crippen molar-refractivity contribution in [3.05, 3.63) is 52.7 Å². The fourth-order valence-electron chi connectivity index (χ4n) is 2.48. The molecule has 0 aliphatic rings. The smallest absolute Gasteiger partial charge is 0.349 e. The number of hydrogen-bond acceptors (Lipinski definition) is 4. The first kappa shape index (κ1) is 18.3. The van der Waals surface area contributed by atoms with Crippen molar-refractivity contribution in [2.75, 3.05) is 0 Å². The van der Waals surface area contributed by atoms with Gasteiger partial charge in [0, 0.05) is 63.8 Å². The molecule has 2 aromatic heterocycles. The Bertz CT molecular complexity index is 842. The Morgan fingerprint density at radius 3 is 2.65 bits per heavy atom. The van der Waals surface area contributed by atoms with Gasteiger partial charge in [-0.3, -0.25) is 4.57 Å². The predicted octanol–water partition coefficient (Wildman–Crippen LogP) is 1.13. The van der Waals surface area contributed by atoms with Crippen molar-refractivity contribution in [3.63, 3.8) is 0 Å². The first-order chi connectivity index (χ1) is 10.7. The van der Waals surface area contributed by atoms with Crippen molar-refractivity contribution in [3.8, 4) is 5.88 Å². The van der Waals surface area contributed by atoms with Crippen LogP contribution >= 0.6 is 0 Å². The number of rotatable bonds is 5. The minimum atomic E-state index is -0.554. The van der Waals surface area contributed by atoms with Gasteiger partial charge in [0.2, 0.25) is 0 Å². The van der Waals surface area contributed by atoms with Gasteiger partial charge in [-0.2, -0.15) is 0 Å². The Morgan fingerprint density at radius 1 is 1.22 bits per heavy atom. The monoisotopic (exact) mass is 336 g/mol. The van der Waals surface area contributed by atoms with Crippen molar-refractivity contribution in [1.29, 1.82) is 0 Å². The van der Waals surface area contributed by atoms with E-state index >= 15 is 0 Å². The largest absolute Gasteiger partial charge is 0.857 e. The van der Waals surface area contributed by atoms with E-state index in [0.29, 0.717) is 24.3 Å². The van der Waals surface area contributed by atoms with E-state index in [1.807, 2.05) is 30.3 Å². The first-order valence-electron chi connectivity index (χ1n) is 7.37. The fraction of sp³-hybridized carbons (Fsp3) is 0.312. The van der Waals surface area contributed by atoms with Gasteiger partial charge >= 0.3 is 5.69 Å². The number of benzene rings is 1. The molecular formula is C16H17KN4O2-. The van der Waals surface area contributed by atoms with Crippen LogP contribution < -0.4 is 10.8 Å². The van der Waals surface area contributed by atoms with Crippen molar-refractivity contribution in [2.45, 2.75) is 32.9 Å². The standard InChI is InChI=1S/C16H18N4O2.K/c1-2-3-9-19-11-17-14-13(19)15(21)18-16(22)20(14)10-12-7-5-4-6-8-12;/h4-8,11H,2-3,9-10H2,1H3,(H,18,21,22);/p-1. The molecule has 3 aromatic rings. The summed E-state index contributed by atoms with van der Waals surface area (Å²) in [5, 5.41) is 12.1. The van der Waals surface area contributed by atoms with Crippen molar-refractivity contribution < 1.29 is 5.11 Å². The molecule has 1 aromatic carbocycles. The number of aromatic nitrogens is 4. The Kier molecular flexibility index (Phi) is 6.55. The van der Waals surface area contributed by atoms with E-state index in [1.54, 1.807) is 10.9 Å². The molecule has 0 fully saturated rings. The molecule has 3 rings (SSSR count). The molecule has 0 aliphatic carbocycles. The molecule has 7 heteroatoms. The third-order valence-electron chi connectivity index (χ3n) is 3.64. The van der Waals surface area contributed by atoms with Gasteiger partial charge < -0.3 is 9.67 Å². The Hall–Kier alpha value is -0.994. The average Bonchev–Trinajstić information content (AvgIpc) is 2.94. The summed E-state index contributed by atoms with van der Waals surface area (Å²) in [7, 11) is 0. The molecule has 23 heavy (non-hydrogen) atoms. The SMILES string of the molecule is CCCCn1cnc2c1c([O-])nc(=O)n2Cc1ccccc1.[K]. The molecule has 1 radical (unpaired) electrons. The summed E-state index contributed by atoms with van der Waals surface area (Å²) in [5.74, 6) is -0.502. The van der Waals surface area contributed by atoms with Crippen LogP contribution in [0.3, 0.4) is 0 Å². The van der Waals surface area contributed by atoms with Gasteiger partial charge in [0.05, 0.1) is 18.4 Å². The molecule has 0 atom stereocenters. The second kappa shape index (κ2) is 8.21. The zero-order valence-electron chi connectivity index (χ0n) is 13.4. The van der Waals surface area contributed by atoms with E-state index in [-0.39, 0.29) is 51.4 Å². The van der Waals surface area contributed by atoms with Crippen LogP contribution in [0.4, 0.5) is 0 Å². The van der Waals surface area contributed by atoms with E-state index in [1.165, 1.54) is 4.57 Å². The first-order valence-corrected chi connectivity index (χ1v) is 7.37. The Balaban J connectivity index is 0.00000192. The maximum Gasteiger partial charge on any atom is 0.349 e. The number of fused-ring (bicyclic) bond motifs is 1. The Labute approximate surface area is 176 Å². The van der Waals surface area contributed by atoms with Crippen LogP contribution in [-0.4, -0.2) is 70.5 Å². The van der Waals surface area contributed by atoms with Gasteiger partial charge in [-0.05, 0) is 12.0 Å². The fourth-order valence-corrected chi connectivity index (χ4v) is 2.48. The van der Waals surface area contributed by atoms with Gasteiger partial charge in [-0.15, -0.1) is 0 Å². The van der Waals surface area contributed by atoms with Gasteiger partial charge in [0.1, 0.15) is 0 Å². The molecule has 0 aliphatic heterocycles. The second-order valence-electron chi connectivity index (χ2n) is 5.24. The molecule has 6 nitrogen and oxygen atoms in total. The summed E-state index contributed by atoms with van der Waals surface area (Å²) < 4.78 is 3.24. The number of imidazole rings is 1. The molecule has 0 saturated heterocycles. The molecule has 0 amide bonds. The Morgan fingerprint density at radius 2 is 1.96 bits per heavy atom. The number of unbranched alkanes of at least 4 members (excludes halogenated alkanes) is 1. The summed E-state index contributed by atoms with van der Waals surface area (Å²) in [5.41, 5.74) is 1.23. The molecule has 0 saturated carbocycles. The van der Waals surface area contributed by atoms with Gasteiger partial charge in [-0.25, -0.2) is 14.8 Å². The summed E-state index contributed by atoms with van der Waals surface area (Å²) >= 11 is 0. The summed E-state index contributed by atoms with van der Waals surface area (Å²) in [6, 6.07) is 9.59. The van der Waals surface area contributed by atoms with E-state index in [2.05, 4.69) is 16.9 Å². The van der Waals surface area contributed by atoms with Crippen LogP contribution in [0.15, 0.2) is 41.5 Å². The molecule has 0 unspecified atom stereocenters. The maximum atomic E-state index is 12.1. The topological polar surface area (TPSA) is 75.8 Å².